The van der Waals surface area contributed by atoms with Crippen LogP contribution in [0.15, 0.2) is 11.6 Å². The lowest BCUT2D eigenvalue weighted by atomic mass is 9.48. The molecule has 3 aliphatic rings. The van der Waals surface area contributed by atoms with Crippen LogP contribution in [0, 0.1) is 17.3 Å². The lowest BCUT2D eigenvalue weighted by Crippen LogP contribution is -2.48. The number of hydrogen-bond donors (Lipinski definition) is 0. The maximum Gasteiger partial charge on any atom is 0.507 e. The number of ether oxygens (including phenoxy) is 2. The zero-order chi connectivity index (χ0) is 11.8. The molecule has 3 rings (SSSR count). The van der Waals surface area contributed by atoms with Crippen molar-refractivity contribution in [3.63, 3.8) is 0 Å². The summed E-state index contributed by atoms with van der Waals surface area (Å²) < 4.78 is 9.36. The van der Waals surface area contributed by atoms with Gasteiger partial charge in [0.15, 0.2) is 0 Å². The summed E-state index contributed by atoms with van der Waals surface area (Å²) >= 11 is 0. The number of rotatable bonds is 3. The van der Waals surface area contributed by atoms with E-state index in [0.717, 1.165) is 12.3 Å². The molecular formula is C13H20O3. The molecule has 90 valence electrons. The molecular weight excluding hydrogens is 204 g/mol. The molecule has 2 atom stereocenters. The van der Waals surface area contributed by atoms with Crippen LogP contribution in [0.1, 0.15) is 33.1 Å². The van der Waals surface area contributed by atoms with Crippen LogP contribution in [0.3, 0.4) is 0 Å². The van der Waals surface area contributed by atoms with E-state index in [2.05, 4.69) is 24.7 Å². The van der Waals surface area contributed by atoms with Gasteiger partial charge in [0, 0.05) is 6.42 Å². The minimum Gasteiger partial charge on any atom is -0.438 e. The molecule has 16 heavy (non-hydrogen) atoms. The Morgan fingerprint density at radius 1 is 1.56 bits per heavy atom. The highest BCUT2D eigenvalue weighted by molar-refractivity contribution is 5.59. The van der Waals surface area contributed by atoms with Gasteiger partial charge in [-0.15, -0.1) is 0 Å². The minimum atomic E-state index is -0.581. The lowest BCUT2D eigenvalue weighted by Gasteiger charge is -2.56. The van der Waals surface area contributed by atoms with E-state index in [1.165, 1.54) is 25.5 Å². The first-order valence-corrected chi connectivity index (χ1v) is 5.95. The van der Waals surface area contributed by atoms with Crippen molar-refractivity contribution in [2.24, 2.45) is 17.3 Å². The summed E-state index contributed by atoms with van der Waals surface area (Å²) in [5.41, 5.74) is 1.92. The Kier molecular flexibility index (Phi) is 2.96. The van der Waals surface area contributed by atoms with Gasteiger partial charge in [0.1, 0.15) is 0 Å². The highest BCUT2D eigenvalue weighted by atomic mass is 16.7. The van der Waals surface area contributed by atoms with E-state index in [9.17, 15) is 4.79 Å². The highest BCUT2D eigenvalue weighted by Gasteiger charge is 2.50. The van der Waals surface area contributed by atoms with Crippen LogP contribution < -0.4 is 0 Å². The Balaban J connectivity index is 1.83. The number of methoxy groups -OCH3 is 1. The first-order valence-electron chi connectivity index (χ1n) is 5.95. The zero-order valence-corrected chi connectivity index (χ0v) is 10.3. The van der Waals surface area contributed by atoms with Gasteiger partial charge in [-0.3, -0.25) is 0 Å². The molecule has 0 spiro atoms. The van der Waals surface area contributed by atoms with E-state index in [1.54, 1.807) is 0 Å². The van der Waals surface area contributed by atoms with E-state index < -0.39 is 6.16 Å². The van der Waals surface area contributed by atoms with Crippen LogP contribution in [0.2, 0.25) is 0 Å². The molecule has 3 heteroatoms. The molecule has 0 unspecified atom stereocenters. The van der Waals surface area contributed by atoms with Crippen LogP contribution in [-0.2, 0) is 9.47 Å². The molecule has 0 aliphatic heterocycles. The van der Waals surface area contributed by atoms with Crippen molar-refractivity contribution in [1.29, 1.82) is 0 Å². The Morgan fingerprint density at radius 3 is 2.88 bits per heavy atom. The van der Waals surface area contributed by atoms with Gasteiger partial charge < -0.3 is 9.47 Å². The van der Waals surface area contributed by atoms with Gasteiger partial charge in [-0.2, -0.15) is 0 Å². The van der Waals surface area contributed by atoms with Crippen molar-refractivity contribution < 1.29 is 14.3 Å². The molecule has 0 radical (unpaired) electrons. The van der Waals surface area contributed by atoms with Gasteiger partial charge in [-0.05, 0) is 30.1 Å². The van der Waals surface area contributed by atoms with Gasteiger partial charge in [-0.1, -0.05) is 25.5 Å². The van der Waals surface area contributed by atoms with Crippen LogP contribution in [0.5, 0.6) is 0 Å². The predicted octanol–water partition coefficient (Wildman–Crippen LogP) is 3.15. The molecule has 1 fully saturated rings. The molecule has 0 heterocycles. The molecule has 0 aromatic carbocycles. The average Bonchev–Trinajstić information content (AvgIpc) is 2.28. The summed E-state index contributed by atoms with van der Waals surface area (Å²) in [4.78, 5) is 10.8. The van der Waals surface area contributed by atoms with E-state index in [-0.39, 0.29) is 0 Å². The quantitative estimate of drug-likeness (QED) is 0.545. The van der Waals surface area contributed by atoms with E-state index in [0.29, 0.717) is 17.9 Å². The molecule has 0 saturated heterocycles. The largest absolute Gasteiger partial charge is 0.507 e. The first kappa shape index (κ1) is 11.5. The summed E-state index contributed by atoms with van der Waals surface area (Å²) in [7, 11) is 1.34. The van der Waals surface area contributed by atoms with Crippen molar-refractivity contribution in [1.82, 2.24) is 0 Å². The second-order valence-corrected chi connectivity index (χ2v) is 5.37. The fourth-order valence-electron chi connectivity index (χ4n) is 3.07. The van der Waals surface area contributed by atoms with Crippen LogP contribution in [0.4, 0.5) is 4.79 Å². The van der Waals surface area contributed by atoms with Crippen molar-refractivity contribution in [3.05, 3.63) is 11.6 Å². The lowest BCUT2D eigenvalue weighted by molar-refractivity contribution is -0.0105. The topological polar surface area (TPSA) is 35.5 Å². The SMILES string of the molecule is COC(=O)OCCC1=CC[C@H]2C[C@H]1C2(C)C. The molecule has 2 bridgehead atoms. The van der Waals surface area contributed by atoms with E-state index in [1.807, 2.05) is 0 Å². The van der Waals surface area contributed by atoms with Gasteiger partial charge in [0.05, 0.1) is 13.7 Å². The van der Waals surface area contributed by atoms with Gasteiger partial charge >= 0.3 is 6.16 Å². The van der Waals surface area contributed by atoms with Crippen molar-refractivity contribution in [2.45, 2.75) is 33.1 Å². The summed E-state index contributed by atoms with van der Waals surface area (Å²) in [6.45, 7) is 5.13. The number of allylic oxidation sites excluding steroid dienone is 1. The predicted molar refractivity (Wildman–Crippen MR) is 61.1 cm³/mol. The number of carbonyl (C=O) groups is 1. The minimum absolute atomic E-state index is 0.440. The molecule has 0 amide bonds. The highest BCUT2D eigenvalue weighted by Crippen LogP contribution is 2.59. The Labute approximate surface area is 96.8 Å². The maximum atomic E-state index is 10.8. The maximum absolute atomic E-state index is 10.8. The third-order valence-corrected chi connectivity index (χ3v) is 4.36. The van der Waals surface area contributed by atoms with Crippen LogP contribution in [-0.4, -0.2) is 19.9 Å². The van der Waals surface area contributed by atoms with Gasteiger partial charge in [-0.25, -0.2) is 4.79 Å². The second kappa shape index (κ2) is 4.11. The second-order valence-electron chi connectivity index (χ2n) is 5.37. The molecule has 1 saturated carbocycles. The number of fused-ring (bicyclic) bond motifs is 1. The summed E-state index contributed by atoms with van der Waals surface area (Å²) in [5, 5.41) is 0. The smallest absolute Gasteiger partial charge is 0.438 e. The molecule has 0 aromatic rings. The molecule has 3 nitrogen and oxygen atoms in total. The Bertz CT molecular complexity index is 317. The fourth-order valence-corrected chi connectivity index (χ4v) is 3.07. The Hall–Kier alpha value is -0.990. The third-order valence-electron chi connectivity index (χ3n) is 4.36. The van der Waals surface area contributed by atoms with Crippen molar-refractivity contribution in [3.8, 4) is 0 Å². The summed E-state index contributed by atoms with van der Waals surface area (Å²) in [6.07, 6.45) is 5.12. The zero-order valence-electron chi connectivity index (χ0n) is 10.3. The first-order chi connectivity index (χ1) is 7.55. The Morgan fingerprint density at radius 2 is 2.31 bits per heavy atom. The van der Waals surface area contributed by atoms with E-state index >= 15 is 0 Å². The number of hydrogen-bond acceptors (Lipinski definition) is 3. The summed E-state index contributed by atoms with van der Waals surface area (Å²) in [5.74, 6) is 1.57. The molecule has 3 aliphatic carbocycles. The van der Waals surface area contributed by atoms with Crippen LogP contribution >= 0.6 is 0 Å². The average molecular weight is 224 g/mol. The van der Waals surface area contributed by atoms with Crippen molar-refractivity contribution >= 4 is 6.16 Å². The third kappa shape index (κ3) is 1.83. The van der Waals surface area contributed by atoms with Gasteiger partial charge in [0.2, 0.25) is 0 Å². The van der Waals surface area contributed by atoms with Crippen LogP contribution in [0.25, 0.3) is 0 Å². The van der Waals surface area contributed by atoms with E-state index in [4.69, 9.17) is 4.74 Å². The molecule has 0 aromatic heterocycles. The molecule has 0 N–H and O–H groups in total. The van der Waals surface area contributed by atoms with Crippen molar-refractivity contribution in [2.75, 3.05) is 13.7 Å². The number of carbonyl (C=O) groups excluding carboxylic acids is 1. The monoisotopic (exact) mass is 224 g/mol. The normalized spacial score (nSPS) is 30.1. The fraction of sp³-hybridized carbons (Fsp3) is 0.769. The standard InChI is InChI=1S/C13H20O3/c1-13(2)10-5-4-9(11(13)8-10)6-7-16-12(14)15-3/h4,10-11H,5-8H2,1-3H3/t10-,11+/m0/s1. The summed E-state index contributed by atoms with van der Waals surface area (Å²) in [6, 6.07) is 0. The van der Waals surface area contributed by atoms with Gasteiger partial charge in [0.25, 0.3) is 0 Å².